The van der Waals surface area contributed by atoms with Gasteiger partial charge >= 0.3 is 5.97 Å². The third-order valence-electron chi connectivity index (χ3n) is 13.7. The fourth-order valence-electron chi connectivity index (χ4n) is 9.63. The Kier molecular flexibility index (Phi) is 13.9. The fraction of sp³-hybridized carbons (Fsp3) is 0.588. The van der Waals surface area contributed by atoms with E-state index in [4.69, 9.17) is 28.7 Å². The monoisotopic (exact) mass is 929 g/mol. The smallest absolute Gasteiger partial charge is 0.307 e. The predicted octanol–water partition coefficient (Wildman–Crippen LogP) is 8.38. The van der Waals surface area contributed by atoms with Gasteiger partial charge in [-0.25, -0.2) is 13.4 Å². The van der Waals surface area contributed by atoms with E-state index in [0.717, 1.165) is 12.0 Å². The van der Waals surface area contributed by atoms with E-state index >= 15 is 4.79 Å². The van der Waals surface area contributed by atoms with Gasteiger partial charge in [-0.2, -0.15) is 0 Å². The first kappa shape index (κ1) is 48.7. The molecule has 3 aromatic rings. The first-order valence-corrected chi connectivity index (χ1v) is 24.8. The van der Waals surface area contributed by atoms with E-state index < -0.39 is 55.7 Å². The number of amides is 2. The van der Waals surface area contributed by atoms with E-state index in [9.17, 15) is 22.8 Å². The number of ether oxygens (including phenoxy) is 5. The van der Waals surface area contributed by atoms with Crippen LogP contribution in [-0.2, 0) is 33.9 Å². The van der Waals surface area contributed by atoms with E-state index in [1.165, 1.54) is 4.90 Å². The number of benzene rings is 2. The minimum atomic E-state index is -4.00. The van der Waals surface area contributed by atoms with Crippen molar-refractivity contribution in [2.75, 3.05) is 20.8 Å². The van der Waals surface area contributed by atoms with Crippen LogP contribution in [0.25, 0.3) is 22.0 Å². The standard InChI is InChI=1S/C51H67N3O11S/c1-30(2)63-35-17-15-33(16-18-35)44-45(62-10)40-24-36(61-9)19-20-38(40)46(52-44)64-37-25-41-42(55)28-51(48(58)53-66(59,60)50(8)21-22-50)27-34(51)14-12-11-13-31(3)23-32(4)39(47(57)54(41)29-37)26-43(56)65-49(5,6)7/h12,14-20,24,30-32,34,37,39,41H,11,13,21-23,25-29H2,1-10H3,(H,53,58)/b14-12-/t31-,32+,34+,37+,39-,41-,51+/m0/s1. The van der Waals surface area contributed by atoms with Crippen LogP contribution in [0.15, 0.2) is 54.6 Å². The summed E-state index contributed by atoms with van der Waals surface area (Å²) in [5, 5.41) is 1.27. The van der Waals surface area contributed by atoms with E-state index in [1.807, 2.05) is 69.3 Å². The highest BCUT2D eigenvalue weighted by atomic mass is 32.2. The molecule has 0 bridgehead atoms. The maximum absolute atomic E-state index is 15.2. The van der Waals surface area contributed by atoms with Gasteiger partial charge in [0.05, 0.1) is 55.4 Å². The fourth-order valence-corrected chi connectivity index (χ4v) is 11.0. The second kappa shape index (κ2) is 18.8. The van der Waals surface area contributed by atoms with Crippen molar-refractivity contribution in [3.63, 3.8) is 0 Å². The molecule has 0 radical (unpaired) electrons. The number of nitrogens with zero attached hydrogens (tertiary/aromatic N) is 2. The molecule has 14 nitrogen and oxygen atoms in total. The first-order valence-electron chi connectivity index (χ1n) is 23.3. The number of allylic oxidation sites excluding steroid dienone is 2. The third kappa shape index (κ3) is 10.5. The predicted molar refractivity (Wildman–Crippen MR) is 251 cm³/mol. The molecule has 358 valence electrons. The molecule has 15 heteroatoms. The van der Waals surface area contributed by atoms with Crippen molar-refractivity contribution in [2.24, 2.45) is 29.1 Å². The number of esters is 1. The van der Waals surface area contributed by atoms with Crippen LogP contribution >= 0.6 is 0 Å². The van der Waals surface area contributed by atoms with Gasteiger partial charge in [-0.05, 0) is 140 Å². The van der Waals surface area contributed by atoms with Crippen LogP contribution in [-0.4, -0.2) is 91.2 Å². The van der Waals surface area contributed by atoms with Gasteiger partial charge in [0.1, 0.15) is 28.9 Å². The summed E-state index contributed by atoms with van der Waals surface area (Å²) in [6.45, 7) is 14.9. The Bertz CT molecular complexity index is 2480. The van der Waals surface area contributed by atoms with Crippen LogP contribution < -0.4 is 23.7 Å². The van der Waals surface area contributed by atoms with Crippen molar-refractivity contribution in [2.45, 2.75) is 142 Å². The summed E-state index contributed by atoms with van der Waals surface area (Å²) in [6.07, 6.45) is 6.09. The number of hydrogen-bond donors (Lipinski definition) is 1. The average molecular weight is 930 g/mol. The highest BCUT2D eigenvalue weighted by molar-refractivity contribution is 7.91. The molecule has 2 aromatic carbocycles. The quantitative estimate of drug-likeness (QED) is 0.136. The summed E-state index contributed by atoms with van der Waals surface area (Å²) in [7, 11) is -0.852. The highest BCUT2D eigenvalue weighted by Gasteiger charge is 2.63. The SMILES string of the molecule is COc1ccc2c(O[C@@H]3C[C@H]4C(=O)C[C@]5(C(=O)NS(=O)(=O)C6(C)CC6)C[C@H]5/C=C\CC[C@H](C)C[C@@H](C)[C@H](CC(=O)OC(C)(C)C)C(=O)N4C3)nc(-c3ccc(OC(C)C)cc3)c(OC)c2c1. The van der Waals surface area contributed by atoms with E-state index in [0.29, 0.717) is 65.8 Å². The molecule has 1 N–H and O–H groups in total. The lowest BCUT2D eigenvalue weighted by molar-refractivity contribution is -0.160. The van der Waals surface area contributed by atoms with Crippen molar-refractivity contribution in [1.82, 2.24) is 14.6 Å². The first-order chi connectivity index (χ1) is 31.1. The number of carbonyl (C=O) groups is 4. The van der Waals surface area contributed by atoms with Crippen molar-refractivity contribution in [1.29, 1.82) is 0 Å². The Hall–Kier alpha value is -5.18. The lowest BCUT2D eigenvalue weighted by Gasteiger charge is -2.32. The second-order valence-electron chi connectivity index (χ2n) is 20.6. The number of methoxy groups -OCH3 is 2. The zero-order valence-corrected chi connectivity index (χ0v) is 40.9. The third-order valence-corrected chi connectivity index (χ3v) is 15.9. The van der Waals surface area contributed by atoms with E-state index in [1.54, 1.807) is 48.0 Å². The van der Waals surface area contributed by atoms with Crippen molar-refractivity contribution < 1.29 is 51.3 Å². The number of fused-ring (bicyclic) bond motifs is 3. The van der Waals surface area contributed by atoms with Crippen LogP contribution in [0.2, 0.25) is 0 Å². The van der Waals surface area contributed by atoms with Crippen LogP contribution in [0.3, 0.4) is 0 Å². The molecule has 4 aliphatic rings. The van der Waals surface area contributed by atoms with E-state index in [-0.39, 0.29) is 67.2 Å². The zero-order chi connectivity index (χ0) is 47.9. The molecule has 7 rings (SSSR count). The van der Waals surface area contributed by atoms with Gasteiger partial charge in [-0.15, -0.1) is 0 Å². The molecule has 2 amide bonds. The topological polar surface area (TPSA) is 177 Å². The maximum Gasteiger partial charge on any atom is 0.307 e. The number of ketones is 1. The lowest BCUT2D eigenvalue weighted by atomic mass is 9.82. The van der Waals surface area contributed by atoms with Gasteiger partial charge in [0.15, 0.2) is 11.5 Å². The molecular formula is C51H67N3O11S. The minimum Gasteiger partial charge on any atom is -0.497 e. The number of aromatic nitrogens is 1. The average Bonchev–Trinajstić information content (AvgIpc) is 4.13. The van der Waals surface area contributed by atoms with Gasteiger partial charge in [0.2, 0.25) is 27.7 Å². The summed E-state index contributed by atoms with van der Waals surface area (Å²) in [5.41, 5.74) is -0.883. The molecule has 3 fully saturated rings. The Morgan fingerprint density at radius 3 is 2.30 bits per heavy atom. The Morgan fingerprint density at radius 1 is 0.970 bits per heavy atom. The molecule has 3 heterocycles. The molecule has 0 spiro atoms. The summed E-state index contributed by atoms with van der Waals surface area (Å²) < 4.78 is 58.3. The molecule has 0 unspecified atom stereocenters. The molecular weight excluding hydrogens is 863 g/mol. The second-order valence-corrected chi connectivity index (χ2v) is 22.8. The van der Waals surface area contributed by atoms with Gasteiger partial charge in [-0.1, -0.05) is 26.0 Å². The summed E-state index contributed by atoms with van der Waals surface area (Å²) in [4.78, 5) is 64.5. The maximum atomic E-state index is 15.2. The van der Waals surface area contributed by atoms with Gasteiger partial charge < -0.3 is 28.6 Å². The number of Topliss-reactive ketones (excluding diaryl/α,β-unsaturated/α-hetero) is 1. The Morgan fingerprint density at radius 2 is 1.67 bits per heavy atom. The molecule has 7 atom stereocenters. The Labute approximate surface area is 389 Å². The Balaban J connectivity index is 1.28. The highest BCUT2D eigenvalue weighted by Crippen LogP contribution is 2.58. The molecule has 66 heavy (non-hydrogen) atoms. The lowest BCUT2D eigenvalue weighted by Crippen LogP contribution is -2.48. The summed E-state index contributed by atoms with van der Waals surface area (Å²) in [6, 6.07) is 11.9. The molecule has 2 aliphatic carbocycles. The zero-order valence-electron chi connectivity index (χ0n) is 40.1. The number of nitrogens with one attached hydrogen (secondary N) is 1. The van der Waals surface area contributed by atoms with Crippen molar-refractivity contribution >= 4 is 44.4 Å². The van der Waals surface area contributed by atoms with Gasteiger partial charge in [0, 0.05) is 29.2 Å². The number of pyridine rings is 1. The van der Waals surface area contributed by atoms with Crippen LogP contribution in [0.4, 0.5) is 0 Å². The number of sulfonamides is 1. The van der Waals surface area contributed by atoms with Crippen molar-refractivity contribution in [3.8, 4) is 34.4 Å². The van der Waals surface area contributed by atoms with Crippen LogP contribution in [0, 0.1) is 29.1 Å². The number of hydrogen-bond acceptors (Lipinski definition) is 12. The number of rotatable bonds is 12. The van der Waals surface area contributed by atoms with Crippen molar-refractivity contribution in [3.05, 3.63) is 54.6 Å². The molecule has 1 aromatic heterocycles. The van der Waals surface area contributed by atoms with Gasteiger partial charge in [0.25, 0.3) is 0 Å². The molecule has 2 saturated carbocycles. The largest absolute Gasteiger partial charge is 0.497 e. The van der Waals surface area contributed by atoms with Crippen LogP contribution in [0.1, 0.15) is 113 Å². The molecule has 1 saturated heterocycles. The molecule has 2 aliphatic heterocycles. The van der Waals surface area contributed by atoms with Crippen LogP contribution in [0.5, 0.6) is 23.1 Å². The minimum absolute atomic E-state index is 0.0144. The normalized spacial score (nSPS) is 27.2. The van der Waals surface area contributed by atoms with E-state index in [2.05, 4.69) is 11.6 Å². The van der Waals surface area contributed by atoms with Gasteiger partial charge in [-0.3, -0.25) is 23.9 Å². The summed E-state index contributed by atoms with van der Waals surface area (Å²) >= 11 is 0. The summed E-state index contributed by atoms with van der Waals surface area (Å²) in [5.74, 6) is -1.25. The number of carbonyl (C=O) groups excluding carboxylic acids is 4.